The van der Waals surface area contributed by atoms with Crippen LogP contribution in [0.25, 0.3) is 6.08 Å². The second-order valence-electron chi connectivity index (χ2n) is 6.98. The van der Waals surface area contributed by atoms with Crippen molar-refractivity contribution in [3.05, 3.63) is 64.7 Å². The van der Waals surface area contributed by atoms with Crippen LogP contribution in [-0.4, -0.2) is 61.0 Å². The van der Waals surface area contributed by atoms with Gasteiger partial charge in [-0.05, 0) is 55.0 Å². The van der Waals surface area contributed by atoms with E-state index in [-0.39, 0.29) is 29.9 Å². The van der Waals surface area contributed by atoms with Crippen LogP contribution in [0.3, 0.4) is 0 Å². The van der Waals surface area contributed by atoms with Gasteiger partial charge < -0.3 is 19.3 Å². The average molecular weight is 465 g/mol. The molecule has 0 aromatic heterocycles. The molecule has 0 spiro atoms. The van der Waals surface area contributed by atoms with Crippen molar-refractivity contribution in [1.82, 2.24) is 9.80 Å². The van der Waals surface area contributed by atoms with Crippen molar-refractivity contribution in [2.24, 2.45) is 0 Å². The van der Waals surface area contributed by atoms with Crippen LogP contribution in [0.4, 0.5) is 8.78 Å². The number of ether oxygens (including phenoxy) is 2. The molecule has 0 aliphatic carbocycles. The summed E-state index contributed by atoms with van der Waals surface area (Å²) in [4.78, 5) is 28.5. The van der Waals surface area contributed by atoms with Gasteiger partial charge in [0.15, 0.2) is 11.5 Å². The zero-order valence-electron chi connectivity index (χ0n) is 17.5. The van der Waals surface area contributed by atoms with E-state index in [0.717, 1.165) is 0 Å². The van der Waals surface area contributed by atoms with Crippen molar-refractivity contribution in [3.63, 3.8) is 0 Å². The van der Waals surface area contributed by atoms with Crippen molar-refractivity contribution in [3.8, 4) is 11.5 Å². The van der Waals surface area contributed by atoms with E-state index in [0.29, 0.717) is 42.3 Å². The summed E-state index contributed by atoms with van der Waals surface area (Å²) in [5.41, 5.74) is 1.17. The summed E-state index contributed by atoms with van der Waals surface area (Å²) in [7, 11) is 0. The number of carbonyl (C=O) groups excluding carboxylic acids is 2. The molecular formula is C23H23ClF2N2O4. The van der Waals surface area contributed by atoms with Gasteiger partial charge >= 0.3 is 6.61 Å². The van der Waals surface area contributed by atoms with Crippen LogP contribution in [0.2, 0.25) is 5.02 Å². The Morgan fingerprint density at radius 3 is 2.31 bits per heavy atom. The Bertz CT molecular complexity index is 974. The molecular weight excluding hydrogens is 442 g/mol. The first-order valence-electron chi connectivity index (χ1n) is 10.1. The van der Waals surface area contributed by atoms with Crippen LogP contribution < -0.4 is 9.47 Å². The second-order valence-corrected chi connectivity index (χ2v) is 7.41. The predicted molar refractivity (Wildman–Crippen MR) is 117 cm³/mol. The van der Waals surface area contributed by atoms with E-state index >= 15 is 0 Å². The summed E-state index contributed by atoms with van der Waals surface area (Å²) < 4.78 is 34.8. The highest BCUT2D eigenvalue weighted by Gasteiger charge is 2.24. The quantitative estimate of drug-likeness (QED) is 0.572. The maximum absolute atomic E-state index is 12.6. The molecule has 0 unspecified atom stereocenters. The van der Waals surface area contributed by atoms with Gasteiger partial charge in [-0.3, -0.25) is 9.59 Å². The number of benzene rings is 2. The highest BCUT2D eigenvalue weighted by molar-refractivity contribution is 6.30. The van der Waals surface area contributed by atoms with Gasteiger partial charge in [-0.2, -0.15) is 8.78 Å². The van der Waals surface area contributed by atoms with E-state index < -0.39 is 6.61 Å². The summed E-state index contributed by atoms with van der Waals surface area (Å²) in [5.74, 6) is -0.183. The molecule has 3 rings (SSSR count). The third-order valence-electron chi connectivity index (χ3n) is 4.87. The number of alkyl halides is 2. The molecule has 1 saturated heterocycles. The Balaban J connectivity index is 1.58. The molecule has 0 saturated carbocycles. The molecule has 2 aromatic rings. The van der Waals surface area contributed by atoms with E-state index in [1.54, 1.807) is 53.1 Å². The lowest BCUT2D eigenvalue weighted by Crippen LogP contribution is -2.50. The van der Waals surface area contributed by atoms with Gasteiger partial charge in [0.2, 0.25) is 5.91 Å². The third kappa shape index (κ3) is 6.20. The normalized spacial score (nSPS) is 14.2. The van der Waals surface area contributed by atoms with Crippen molar-refractivity contribution < 1.29 is 27.8 Å². The van der Waals surface area contributed by atoms with Crippen LogP contribution in [0.15, 0.2) is 48.5 Å². The maximum atomic E-state index is 12.6. The van der Waals surface area contributed by atoms with E-state index in [1.807, 2.05) is 0 Å². The number of amides is 2. The molecule has 1 heterocycles. The van der Waals surface area contributed by atoms with Crippen LogP contribution in [0.1, 0.15) is 22.8 Å². The topological polar surface area (TPSA) is 59.1 Å². The van der Waals surface area contributed by atoms with Crippen molar-refractivity contribution in [2.75, 3.05) is 32.8 Å². The molecule has 1 aliphatic rings. The first-order valence-corrected chi connectivity index (χ1v) is 10.5. The lowest BCUT2D eigenvalue weighted by atomic mass is 10.1. The summed E-state index contributed by atoms with van der Waals surface area (Å²) in [6, 6.07) is 11.2. The van der Waals surface area contributed by atoms with Gasteiger partial charge in [-0.15, -0.1) is 0 Å². The van der Waals surface area contributed by atoms with Crippen LogP contribution in [0, 0.1) is 0 Å². The van der Waals surface area contributed by atoms with Crippen LogP contribution in [-0.2, 0) is 4.79 Å². The number of hydrogen-bond donors (Lipinski definition) is 0. The zero-order valence-corrected chi connectivity index (χ0v) is 18.2. The lowest BCUT2D eigenvalue weighted by molar-refractivity contribution is -0.127. The summed E-state index contributed by atoms with van der Waals surface area (Å²) >= 11 is 5.86. The summed E-state index contributed by atoms with van der Waals surface area (Å²) in [6.45, 7) is 0.731. The smallest absolute Gasteiger partial charge is 0.387 e. The van der Waals surface area contributed by atoms with Crippen LogP contribution >= 0.6 is 11.6 Å². The predicted octanol–water partition coefficient (Wildman–Crippen LogP) is 4.34. The minimum absolute atomic E-state index is 0.0631. The van der Waals surface area contributed by atoms with E-state index in [1.165, 1.54) is 18.2 Å². The SMILES string of the molecule is CCOc1cc(/C=C/C(=O)N2CCN(C(=O)c3ccc(Cl)cc3)CC2)ccc1OC(F)F. The first-order chi connectivity index (χ1) is 15.4. The van der Waals surface area contributed by atoms with Gasteiger partial charge in [0.1, 0.15) is 0 Å². The molecule has 0 atom stereocenters. The number of hydrogen-bond acceptors (Lipinski definition) is 4. The monoisotopic (exact) mass is 464 g/mol. The average Bonchev–Trinajstić information content (AvgIpc) is 2.79. The van der Waals surface area contributed by atoms with Gasteiger partial charge in [-0.25, -0.2) is 0 Å². The lowest BCUT2D eigenvalue weighted by Gasteiger charge is -2.34. The highest BCUT2D eigenvalue weighted by Crippen LogP contribution is 2.30. The van der Waals surface area contributed by atoms with Gasteiger partial charge in [0, 0.05) is 42.8 Å². The minimum atomic E-state index is -2.96. The Morgan fingerprint density at radius 1 is 1.03 bits per heavy atom. The fraction of sp³-hybridized carbons (Fsp3) is 0.304. The number of nitrogens with zero attached hydrogens (tertiary/aromatic N) is 2. The summed E-state index contributed by atoms with van der Waals surface area (Å²) in [6.07, 6.45) is 3.00. The van der Waals surface area contributed by atoms with Crippen molar-refractivity contribution in [1.29, 1.82) is 0 Å². The molecule has 6 nitrogen and oxygen atoms in total. The molecule has 0 radical (unpaired) electrons. The molecule has 1 fully saturated rings. The molecule has 9 heteroatoms. The van der Waals surface area contributed by atoms with Crippen molar-refractivity contribution >= 4 is 29.5 Å². The number of carbonyl (C=O) groups is 2. The van der Waals surface area contributed by atoms with Gasteiger partial charge in [-0.1, -0.05) is 17.7 Å². The summed E-state index contributed by atoms with van der Waals surface area (Å²) in [5, 5.41) is 0.563. The largest absolute Gasteiger partial charge is 0.490 e. The van der Waals surface area contributed by atoms with Crippen molar-refractivity contribution in [2.45, 2.75) is 13.5 Å². The second kappa shape index (κ2) is 10.9. The van der Waals surface area contributed by atoms with E-state index in [2.05, 4.69) is 4.74 Å². The molecule has 170 valence electrons. The molecule has 2 aromatic carbocycles. The Morgan fingerprint density at radius 2 is 1.69 bits per heavy atom. The molecule has 0 N–H and O–H groups in total. The van der Waals surface area contributed by atoms with Gasteiger partial charge in [0.05, 0.1) is 6.61 Å². The molecule has 1 aliphatic heterocycles. The number of halogens is 3. The number of rotatable bonds is 7. The number of piperazine rings is 1. The minimum Gasteiger partial charge on any atom is -0.490 e. The van der Waals surface area contributed by atoms with E-state index in [4.69, 9.17) is 16.3 Å². The van der Waals surface area contributed by atoms with Crippen LogP contribution in [0.5, 0.6) is 11.5 Å². The Hall–Kier alpha value is -3.13. The fourth-order valence-electron chi connectivity index (χ4n) is 3.27. The fourth-order valence-corrected chi connectivity index (χ4v) is 3.39. The Kier molecular flexibility index (Phi) is 8.05. The van der Waals surface area contributed by atoms with E-state index in [9.17, 15) is 18.4 Å². The first kappa shape index (κ1) is 23.5. The third-order valence-corrected chi connectivity index (χ3v) is 5.12. The Labute approximate surface area is 190 Å². The maximum Gasteiger partial charge on any atom is 0.387 e. The zero-order chi connectivity index (χ0) is 23.1. The van der Waals surface area contributed by atoms with Gasteiger partial charge in [0.25, 0.3) is 5.91 Å². The molecule has 2 amide bonds. The molecule has 0 bridgehead atoms. The highest BCUT2D eigenvalue weighted by atomic mass is 35.5. The molecule has 32 heavy (non-hydrogen) atoms. The standard InChI is InChI=1S/C23H23ClF2N2O4/c1-2-31-20-15-16(3-9-19(20)32-23(25)26)4-10-21(29)27-11-13-28(14-12-27)22(30)17-5-7-18(24)8-6-17/h3-10,15,23H,2,11-14H2,1H3/b10-4+.